The van der Waals surface area contributed by atoms with E-state index in [-0.39, 0.29) is 30.3 Å². The average molecular weight is 438 g/mol. The molecule has 0 bridgehead atoms. The van der Waals surface area contributed by atoms with Crippen LogP contribution in [0.15, 0.2) is 72.8 Å². The lowest BCUT2D eigenvalue weighted by molar-refractivity contribution is -0.137. The summed E-state index contributed by atoms with van der Waals surface area (Å²) in [5.41, 5.74) is 9.11. The number of rotatable bonds is 5. The SMILES string of the molecule is Nc1ccc(C=CCNC(=O)OCC2c3ccccc3-c3ccccc32)c(C(F)(F)F)c1. The van der Waals surface area contributed by atoms with Crippen molar-refractivity contribution >= 4 is 17.9 Å². The zero-order valence-electron chi connectivity index (χ0n) is 17.0. The molecule has 0 atom stereocenters. The van der Waals surface area contributed by atoms with Gasteiger partial charge in [-0.05, 0) is 39.9 Å². The van der Waals surface area contributed by atoms with E-state index in [1.807, 2.05) is 48.5 Å². The number of hydrogen-bond acceptors (Lipinski definition) is 3. The summed E-state index contributed by atoms with van der Waals surface area (Å²) < 4.78 is 44.8. The third kappa shape index (κ3) is 4.46. The van der Waals surface area contributed by atoms with Crippen LogP contribution in [0.25, 0.3) is 17.2 Å². The molecule has 0 heterocycles. The van der Waals surface area contributed by atoms with Crippen molar-refractivity contribution in [1.82, 2.24) is 5.32 Å². The monoisotopic (exact) mass is 438 g/mol. The first-order valence-corrected chi connectivity index (χ1v) is 10.1. The zero-order valence-corrected chi connectivity index (χ0v) is 17.0. The summed E-state index contributed by atoms with van der Waals surface area (Å²) in [5.74, 6) is -0.0622. The summed E-state index contributed by atoms with van der Waals surface area (Å²) in [6.07, 6.45) is -2.42. The Balaban J connectivity index is 1.35. The van der Waals surface area contributed by atoms with Crippen molar-refractivity contribution in [2.24, 2.45) is 0 Å². The van der Waals surface area contributed by atoms with Gasteiger partial charge in [0.2, 0.25) is 0 Å². The van der Waals surface area contributed by atoms with Crippen LogP contribution in [0.1, 0.15) is 28.2 Å². The number of amides is 1. The molecule has 3 N–H and O–H groups in total. The second-order valence-corrected chi connectivity index (χ2v) is 7.45. The van der Waals surface area contributed by atoms with Gasteiger partial charge in [0.25, 0.3) is 0 Å². The number of benzene rings is 3. The lowest BCUT2D eigenvalue weighted by atomic mass is 9.98. The molecule has 3 aromatic carbocycles. The van der Waals surface area contributed by atoms with Crippen LogP contribution < -0.4 is 11.1 Å². The van der Waals surface area contributed by atoms with E-state index in [0.717, 1.165) is 28.3 Å². The average Bonchev–Trinajstić information content (AvgIpc) is 3.09. The number of halogens is 3. The summed E-state index contributed by atoms with van der Waals surface area (Å²) >= 11 is 0. The van der Waals surface area contributed by atoms with Crippen LogP contribution in [-0.4, -0.2) is 19.2 Å². The van der Waals surface area contributed by atoms with Crippen molar-refractivity contribution in [1.29, 1.82) is 0 Å². The molecule has 4 nitrogen and oxygen atoms in total. The van der Waals surface area contributed by atoms with Crippen molar-refractivity contribution in [3.8, 4) is 11.1 Å². The smallest absolute Gasteiger partial charge is 0.417 e. The number of alkyl carbamates (subject to hydrolysis) is 1. The van der Waals surface area contributed by atoms with Gasteiger partial charge >= 0.3 is 12.3 Å². The topological polar surface area (TPSA) is 64.3 Å². The number of carbonyl (C=O) groups is 1. The third-order valence-electron chi connectivity index (χ3n) is 5.39. The summed E-state index contributed by atoms with van der Waals surface area (Å²) in [6, 6.07) is 19.6. The minimum Gasteiger partial charge on any atom is -0.449 e. The first-order chi connectivity index (χ1) is 15.3. The molecule has 3 aromatic rings. The Morgan fingerprint density at radius 3 is 2.25 bits per heavy atom. The molecule has 1 amide bonds. The molecular formula is C25H21F3N2O2. The Morgan fingerprint density at radius 2 is 1.62 bits per heavy atom. The predicted octanol–water partition coefficient (Wildman–Crippen LogP) is 5.84. The Hall–Kier alpha value is -3.74. The number of alkyl halides is 3. The number of anilines is 1. The standard InChI is InChI=1S/C25H21F3N2O2/c26-25(27,28)23-14-17(29)12-11-16(23)6-5-13-30-24(31)32-15-22-20-9-3-1-7-18(20)19-8-2-4-10-21(19)22/h1-12,14,22H,13,15,29H2,(H,30,31). The van der Waals surface area contributed by atoms with Crippen molar-refractivity contribution < 1.29 is 22.7 Å². The molecule has 4 rings (SSSR count). The van der Waals surface area contributed by atoms with Crippen molar-refractivity contribution in [2.75, 3.05) is 18.9 Å². The van der Waals surface area contributed by atoms with Crippen molar-refractivity contribution in [2.45, 2.75) is 12.1 Å². The van der Waals surface area contributed by atoms with E-state index in [0.29, 0.717) is 0 Å². The van der Waals surface area contributed by atoms with E-state index in [1.165, 1.54) is 24.3 Å². The lowest BCUT2D eigenvalue weighted by Gasteiger charge is -2.14. The van der Waals surface area contributed by atoms with Gasteiger partial charge in [-0.2, -0.15) is 13.2 Å². The van der Waals surface area contributed by atoms with Gasteiger partial charge in [0.1, 0.15) is 6.61 Å². The van der Waals surface area contributed by atoms with E-state index >= 15 is 0 Å². The number of fused-ring (bicyclic) bond motifs is 3. The number of nitrogen functional groups attached to an aromatic ring is 1. The summed E-state index contributed by atoms with van der Waals surface area (Å²) in [4.78, 5) is 12.1. The van der Waals surface area contributed by atoms with Crippen LogP contribution in [0.5, 0.6) is 0 Å². The zero-order chi connectivity index (χ0) is 22.7. The molecular weight excluding hydrogens is 417 g/mol. The molecule has 0 fully saturated rings. The number of nitrogens with one attached hydrogen (secondary N) is 1. The number of hydrogen-bond donors (Lipinski definition) is 2. The number of nitrogens with two attached hydrogens (primary N) is 1. The van der Waals surface area contributed by atoms with Crippen LogP contribution in [0, 0.1) is 0 Å². The van der Waals surface area contributed by atoms with Gasteiger partial charge < -0.3 is 15.8 Å². The maximum Gasteiger partial charge on any atom is 0.417 e. The Labute approximate surface area is 183 Å². The molecule has 32 heavy (non-hydrogen) atoms. The van der Waals surface area contributed by atoms with Crippen molar-refractivity contribution in [3.63, 3.8) is 0 Å². The Morgan fingerprint density at radius 1 is 1.00 bits per heavy atom. The van der Waals surface area contributed by atoms with Gasteiger partial charge in [-0.1, -0.05) is 66.7 Å². The largest absolute Gasteiger partial charge is 0.449 e. The van der Waals surface area contributed by atoms with E-state index in [9.17, 15) is 18.0 Å². The second kappa shape index (κ2) is 8.78. The van der Waals surface area contributed by atoms with Gasteiger partial charge in [0.05, 0.1) is 5.56 Å². The molecule has 0 spiro atoms. The minimum absolute atomic E-state index is 0.0261. The highest BCUT2D eigenvalue weighted by atomic mass is 19.4. The van der Waals surface area contributed by atoms with Crippen molar-refractivity contribution in [3.05, 3.63) is 95.1 Å². The molecule has 0 saturated carbocycles. The second-order valence-electron chi connectivity index (χ2n) is 7.45. The van der Waals surface area contributed by atoms with Crippen LogP contribution in [0.3, 0.4) is 0 Å². The predicted molar refractivity (Wildman–Crippen MR) is 118 cm³/mol. The molecule has 7 heteroatoms. The number of carbonyl (C=O) groups excluding carboxylic acids is 1. The first-order valence-electron chi connectivity index (χ1n) is 10.1. The molecule has 0 aromatic heterocycles. The van der Waals surface area contributed by atoms with Crippen LogP contribution >= 0.6 is 0 Å². The molecule has 164 valence electrons. The molecule has 1 aliphatic rings. The van der Waals surface area contributed by atoms with E-state index < -0.39 is 17.8 Å². The Bertz CT molecular complexity index is 1130. The Kier molecular flexibility index (Phi) is 5.90. The normalized spacial score (nSPS) is 13.1. The highest BCUT2D eigenvalue weighted by Crippen LogP contribution is 2.44. The summed E-state index contributed by atoms with van der Waals surface area (Å²) in [5, 5.41) is 2.54. The summed E-state index contributed by atoms with van der Waals surface area (Å²) in [6.45, 7) is 0.193. The van der Waals surface area contributed by atoms with Crippen LogP contribution in [-0.2, 0) is 10.9 Å². The molecule has 0 radical (unpaired) electrons. The maximum atomic E-state index is 13.1. The molecule has 0 saturated heterocycles. The molecule has 0 unspecified atom stereocenters. The molecule has 0 aliphatic heterocycles. The lowest BCUT2D eigenvalue weighted by Crippen LogP contribution is -2.26. The summed E-state index contributed by atoms with van der Waals surface area (Å²) in [7, 11) is 0. The van der Waals surface area contributed by atoms with Gasteiger partial charge in [-0.3, -0.25) is 0 Å². The minimum atomic E-state index is -4.52. The van der Waals surface area contributed by atoms with Gasteiger partial charge in [0, 0.05) is 18.2 Å². The van der Waals surface area contributed by atoms with Crippen LogP contribution in [0.4, 0.5) is 23.7 Å². The van der Waals surface area contributed by atoms with E-state index in [2.05, 4.69) is 5.32 Å². The fourth-order valence-corrected chi connectivity index (χ4v) is 3.94. The first kappa shape index (κ1) is 21.5. The fourth-order valence-electron chi connectivity index (χ4n) is 3.94. The fraction of sp³-hybridized carbons (Fsp3) is 0.160. The number of ether oxygens (including phenoxy) is 1. The maximum absolute atomic E-state index is 13.1. The van der Waals surface area contributed by atoms with Gasteiger partial charge in [0.15, 0.2) is 0 Å². The van der Waals surface area contributed by atoms with Gasteiger partial charge in [-0.15, -0.1) is 0 Å². The van der Waals surface area contributed by atoms with Crippen LogP contribution in [0.2, 0.25) is 0 Å². The van der Waals surface area contributed by atoms with Gasteiger partial charge in [-0.25, -0.2) is 4.79 Å². The van der Waals surface area contributed by atoms with E-state index in [4.69, 9.17) is 10.5 Å². The highest BCUT2D eigenvalue weighted by Gasteiger charge is 2.33. The highest BCUT2D eigenvalue weighted by molar-refractivity contribution is 5.79. The third-order valence-corrected chi connectivity index (χ3v) is 5.39. The quantitative estimate of drug-likeness (QED) is 0.492. The molecule has 1 aliphatic carbocycles. The van der Waals surface area contributed by atoms with E-state index in [1.54, 1.807) is 0 Å².